The molecule has 4 nitrogen and oxygen atoms in total. The van der Waals surface area contributed by atoms with Crippen molar-refractivity contribution in [1.82, 2.24) is 4.90 Å². The maximum atomic E-state index is 12.8. The molecule has 1 amide bonds. The van der Waals surface area contributed by atoms with Crippen LogP contribution in [0.4, 0.5) is 0 Å². The molecule has 1 aliphatic carbocycles. The second-order valence-corrected chi connectivity index (χ2v) is 6.51. The number of rotatable bonds is 2. The van der Waals surface area contributed by atoms with E-state index in [2.05, 4.69) is 0 Å². The summed E-state index contributed by atoms with van der Waals surface area (Å²) in [5, 5.41) is 9.02. The third-order valence-corrected chi connectivity index (χ3v) is 5.29. The lowest BCUT2D eigenvalue weighted by atomic mass is 9.73. The number of thioether (sulfide) groups is 1. The lowest BCUT2D eigenvalue weighted by Crippen LogP contribution is -2.41. The molecule has 0 unspecified atom stereocenters. The van der Waals surface area contributed by atoms with E-state index in [9.17, 15) is 9.59 Å². The second-order valence-electron chi connectivity index (χ2n) is 5.28. The number of carbonyl (C=O) groups excluding carboxylic acids is 1. The van der Waals surface area contributed by atoms with Crippen LogP contribution in [0, 0.1) is 5.41 Å². The Labute approximate surface area is 116 Å². The summed E-state index contributed by atoms with van der Waals surface area (Å²) in [5.41, 5.74) is 1.67. The van der Waals surface area contributed by atoms with Crippen LogP contribution in [0.1, 0.15) is 25.7 Å². The number of amides is 1. The molecule has 1 spiro atoms. The van der Waals surface area contributed by atoms with Crippen LogP contribution < -0.4 is 0 Å². The van der Waals surface area contributed by atoms with E-state index in [1.54, 1.807) is 0 Å². The molecule has 2 aliphatic heterocycles. The molecule has 0 atom stereocenters. The summed E-state index contributed by atoms with van der Waals surface area (Å²) in [6, 6.07) is 0. The van der Waals surface area contributed by atoms with Crippen LogP contribution >= 0.6 is 11.8 Å². The molecule has 1 saturated heterocycles. The third kappa shape index (κ3) is 1.91. The number of allylic oxidation sites excluding steroid dienone is 2. The molecule has 2 heterocycles. The van der Waals surface area contributed by atoms with E-state index in [0.717, 1.165) is 42.9 Å². The Hall–Kier alpha value is -1.23. The fourth-order valence-electron chi connectivity index (χ4n) is 3.41. The zero-order valence-electron chi connectivity index (χ0n) is 10.7. The van der Waals surface area contributed by atoms with Gasteiger partial charge in [0.15, 0.2) is 0 Å². The Morgan fingerprint density at radius 2 is 2.16 bits per heavy atom. The van der Waals surface area contributed by atoms with Gasteiger partial charge in [-0.25, -0.2) is 0 Å². The van der Waals surface area contributed by atoms with Gasteiger partial charge < -0.3 is 10.0 Å². The van der Waals surface area contributed by atoms with Gasteiger partial charge in [-0.3, -0.25) is 9.59 Å². The predicted molar refractivity (Wildman–Crippen MR) is 73.7 cm³/mol. The smallest absolute Gasteiger partial charge is 0.323 e. The minimum atomic E-state index is -0.943. The first kappa shape index (κ1) is 12.8. The summed E-state index contributed by atoms with van der Waals surface area (Å²) < 4.78 is 0. The van der Waals surface area contributed by atoms with Crippen LogP contribution in [-0.4, -0.2) is 39.9 Å². The molecule has 0 aromatic rings. The van der Waals surface area contributed by atoms with Crippen molar-refractivity contribution < 1.29 is 14.7 Å². The van der Waals surface area contributed by atoms with Gasteiger partial charge in [-0.1, -0.05) is 6.08 Å². The summed E-state index contributed by atoms with van der Waals surface area (Å²) in [4.78, 5) is 25.3. The first-order valence-electron chi connectivity index (χ1n) is 6.67. The van der Waals surface area contributed by atoms with E-state index in [-0.39, 0.29) is 17.9 Å². The van der Waals surface area contributed by atoms with Gasteiger partial charge in [-0.05, 0) is 48.8 Å². The highest BCUT2D eigenvalue weighted by molar-refractivity contribution is 7.99. The second kappa shape index (κ2) is 4.71. The third-order valence-electron chi connectivity index (χ3n) is 4.31. The minimum absolute atomic E-state index is 0.0201. The number of nitrogens with zero attached hydrogens (tertiary/aromatic N) is 1. The topological polar surface area (TPSA) is 57.6 Å². The quantitative estimate of drug-likeness (QED) is 0.840. The van der Waals surface area contributed by atoms with Crippen molar-refractivity contribution >= 4 is 23.6 Å². The van der Waals surface area contributed by atoms with E-state index in [0.29, 0.717) is 0 Å². The first-order chi connectivity index (χ1) is 9.15. The average molecular weight is 279 g/mol. The van der Waals surface area contributed by atoms with Crippen molar-refractivity contribution in [2.24, 2.45) is 5.41 Å². The molecule has 1 N–H and O–H groups in total. The largest absolute Gasteiger partial charge is 0.480 e. The lowest BCUT2D eigenvalue weighted by molar-refractivity contribution is -0.145. The van der Waals surface area contributed by atoms with Crippen LogP contribution in [0.15, 0.2) is 23.4 Å². The first-order valence-corrected chi connectivity index (χ1v) is 7.82. The summed E-state index contributed by atoms with van der Waals surface area (Å²) in [5.74, 6) is 1.06. The highest BCUT2D eigenvalue weighted by Crippen LogP contribution is 2.52. The van der Waals surface area contributed by atoms with E-state index in [1.807, 2.05) is 23.9 Å². The Kier molecular flexibility index (Phi) is 3.17. The number of hydrogen-bond acceptors (Lipinski definition) is 3. The number of carbonyl (C=O) groups is 2. The van der Waals surface area contributed by atoms with Gasteiger partial charge in [0.1, 0.15) is 6.54 Å². The van der Waals surface area contributed by atoms with Gasteiger partial charge in [-0.2, -0.15) is 11.8 Å². The molecule has 0 bridgehead atoms. The number of aliphatic carboxylic acids is 1. The molecule has 0 radical (unpaired) electrons. The monoisotopic (exact) mass is 279 g/mol. The van der Waals surface area contributed by atoms with Crippen molar-refractivity contribution in [1.29, 1.82) is 0 Å². The van der Waals surface area contributed by atoms with E-state index < -0.39 is 5.97 Å². The summed E-state index contributed by atoms with van der Waals surface area (Å²) in [7, 11) is 0. The van der Waals surface area contributed by atoms with Crippen LogP contribution in [0.3, 0.4) is 0 Å². The number of carboxylic acids is 1. The van der Waals surface area contributed by atoms with Gasteiger partial charge in [-0.15, -0.1) is 0 Å². The molecule has 0 aromatic carbocycles. The van der Waals surface area contributed by atoms with Gasteiger partial charge in [0.2, 0.25) is 5.91 Å². The van der Waals surface area contributed by atoms with Crippen molar-refractivity contribution in [3.63, 3.8) is 0 Å². The van der Waals surface area contributed by atoms with Crippen molar-refractivity contribution in [2.45, 2.75) is 25.7 Å². The fraction of sp³-hybridized carbons (Fsp3) is 0.571. The lowest BCUT2D eigenvalue weighted by Gasteiger charge is -2.34. The molecule has 19 heavy (non-hydrogen) atoms. The van der Waals surface area contributed by atoms with E-state index in [1.165, 1.54) is 10.5 Å². The van der Waals surface area contributed by atoms with Crippen molar-refractivity contribution in [3.8, 4) is 0 Å². The Balaban J connectivity index is 2.02. The average Bonchev–Trinajstić information content (AvgIpc) is 2.63. The van der Waals surface area contributed by atoms with Gasteiger partial charge in [0.25, 0.3) is 0 Å². The summed E-state index contributed by atoms with van der Waals surface area (Å²) in [6.07, 6.45) is 7.56. The van der Waals surface area contributed by atoms with Crippen molar-refractivity contribution in [2.75, 3.05) is 18.1 Å². The maximum Gasteiger partial charge on any atom is 0.323 e. The summed E-state index contributed by atoms with van der Waals surface area (Å²) >= 11 is 1.88. The van der Waals surface area contributed by atoms with E-state index >= 15 is 0 Å². The van der Waals surface area contributed by atoms with Crippen molar-refractivity contribution in [3.05, 3.63) is 23.4 Å². The van der Waals surface area contributed by atoms with Crippen LogP contribution in [0.5, 0.6) is 0 Å². The Bertz CT molecular complexity index is 489. The zero-order chi connectivity index (χ0) is 13.5. The molecular weight excluding hydrogens is 262 g/mol. The molecule has 3 aliphatic rings. The van der Waals surface area contributed by atoms with Crippen LogP contribution in [0.25, 0.3) is 0 Å². The molecule has 0 aromatic heterocycles. The SMILES string of the molecule is O=C(O)CN1C(=O)C2(CCSCC2)C2=C1C=CCC2. The Morgan fingerprint density at radius 1 is 1.42 bits per heavy atom. The normalized spacial score (nSPS) is 25.1. The molecular formula is C14H17NO3S. The molecule has 0 saturated carbocycles. The van der Waals surface area contributed by atoms with Gasteiger partial charge in [0.05, 0.1) is 5.41 Å². The molecule has 102 valence electrons. The van der Waals surface area contributed by atoms with Crippen LogP contribution in [0.2, 0.25) is 0 Å². The Morgan fingerprint density at radius 3 is 2.84 bits per heavy atom. The highest BCUT2D eigenvalue weighted by Gasteiger charge is 2.52. The number of carboxylic acid groups (broad SMARTS) is 1. The number of fused-ring (bicyclic) bond motifs is 1. The van der Waals surface area contributed by atoms with Crippen LogP contribution in [-0.2, 0) is 9.59 Å². The zero-order valence-corrected chi connectivity index (χ0v) is 11.5. The standard InChI is InChI=1S/C14H17NO3S/c16-12(17)9-15-11-4-2-1-3-10(11)14(13(15)18)5-7-19-8-6-14/h2,4H,1,3,5-9H2,(H,16,17). The highest BCUT2D eigenvalue weighted by atomic mass is 32.2. The van der Waals surface area contributed by atoms with E-state index in [4.69, 9.17) is 5.11 Å². The van der Waals surface area contributed by atoms with Gasteiger partial charge >= 0.3 is 5.97 Å². The molecule has 1 fully saturated rings. The predicted octanol–water partition coefficient (Wildman–Crippen LogP) is 2.03. The molecule has 5 heteroatoms. The summed E-state index contributed by atoms with van der Waals surface area (Å²) in [6.45, 7) is -0.211. The number of hydrogen-bond donors (Lipinski definition) is 1. The minimum Gasteiger partial charge on any atom is -0.480 e. The molecule has 3 rings (SSSR count). The fourth-order valence-corrected chi connectivity index (χ4v) is 4.60. The maximum absolute atomic E-state index is 12.8. The van der Waals surface area contributed by atoms with Gasteiger partial charge in [0, 0.05) is 5.70 Å².